The molecule has 1 atom stereocenters. The highest BCUT2D eigenvalue weighted by Gasteiger charge is 2.43. The zero-order valence-corrected chi connectivity index (χ0v) is 23.9. The number of nitrogens with one attached hydrogen (secondary N) is 2. The van der Waals surface area contributed by atoms with E-state index in [0.29, 0.717) is 31.8 Å². The summed E-state index contributed by atoms with van der Waals surface area (Å²) in [7, 11) is 1.58. The Morgan fingerprint density at radius 1 is 1.16 bits per heavy atom. The van der Waals surface area contributed by atoms with Crippen LogP contribution in [0.1, 0.15) is 47.2 Å². The van der Waals surface area contributed by atoms with Crippen LogP contribution in [-0.4, -0.2) is 32.7 Å². The van der Waals surface area contributed by atoms with Crippen molar-refractivity contribution in [2.24, 2.45) is 0 Å². The van der Waals surface area contributed by atoms with Gasteiger partial charge in [0.05, 0.1) is 17.8 Å². The third-order valence-electron chi connectivity index (χ3n) is 6.17. The molecule has 2 heterocycles. The van der Waals surface area contributed by atoms with E-state index in [-0.39, 0.29) is 23.8 Å². The lowest BCUT2D eigenvalue weighted by Crippen LogP contribution is -2.44. The molecule has 4 rings (SSSR count). The Hall–Kier alpha value is -3.27. The van der Waals surface area contributed by atoms with E-state index in [1.54, 1.807) is 35.9 Å². The van der Waals surface area contributed by atoms with Gasteiger partial charge in [-0.25, -0.2) is 9.78 Å². The molecule has 0 aliphatic carbocycles. The van der Waals surface area contributed by atoms with Gasteiger partial charge in [-0.05, 0) is 71.2 Å². The zero-order valence-electron chi connectivity index (χ0n) is 20.8. The predicted octanol–water partition coefficient (Wildman–Crippen LogP) is 6.53. The minimum absolute atomic E-state index is 0.157. The Bertz CT molecular complexity index is 1520. The van der Waals surface area contributed by atoms with Gasteiger partial charge in [-0.1, -0.05) is 47.5 Å². The quantitative estimate of drug-likeness (QED) is 0.197. The molecule has 198 valence electrons. The van der Waals surface area contributed by atoms with Gasteiger partial charge in [0, 0.05) is 23.7 Å². The number of carbonyl (C=O) groups is 1. The summed E-state index contributed by atoms with van der Waals surface area (Å²) in [6.45, 7) is 3.85. The third-order valence-corrected chi connectivity index (χ3v) is 7.20. The number of nitrogens with zero attached hydrogens (tertiary/aromatic N) is 2. The molecule has 0 aliphatic heterocycles. The van der Waals surface area contributed by atoms with Gasteiger partial charge in [0.15, 0.2) is 10.4 Å². The van der Waals surface area contributed by atoms with Crippen LogP contribution in [0.15, 0.2) is 70.3 Å². The van der Waals surface area contributed by atoms with Crippen molar-refractivity contribution in [1.82, 2.24) is 14.5 Å². The second kappa shape index (κ2) is 11.2. The van der Waals surface area contributed by atoms with E-state index < -0.39 is 17.1 Å². The number of carboxylic acid groups (broad SMARTS) is 1. The topological polar surface area (TPSA) is 109 Å². The van der Waals surface area contributed by atoms with Crippen molar-refractivity contribution in [3.63, 3.8) is 0 Å². The standard InChI is InChI=1S/C27H25BrCl2N4O4/c1-15(2)34-23(22(25(36)37)32-26(34)28)27(17-6-8-18(29)9-7-17,13-16-4-10-20(38-3)11-5-16)33-21-12-19(30)14-31-24(21)35/h4-12,14-15,33H,13H2,1-3H3,(H,31,35)(H,36,37). The van der Waals surface area contributed by atoms with E-state index in [9.17, 15) is 14.7 Å². The Labute approximate surface area is 237 Å². The molecule has 0 fully saturated rings. The number of pyridine rings is 1. The molecule has 0 radical (unpaired) electrons. The lowest BCUT2D eigenvalue weighted by molar-refractivity contribution is 0.0688. The fraction of sp³-hybridized carbons (Fsp3) is 0.222. The van der Waals surface area contributed by atoms with Crippen LogP contribution in [0.4, 0.5) is 5.69 Å². The first-order valence-corrected chi connectivity index (χ1v) is 13.2. The Kier molecular flexibility index (Phi) is 8.20. The SMILES string of the molecule is COc1ccc(CC(Nc2cc(Cl)c[nH]c2=O)(c2ccc(Cl)cc2)c2c(C(=O)O)nc(Br)n2C(C)C)cc1. The fourth-order valence-electron chi connectivity index (χ4n) is 4.50. The summed E-state index contributed by atoms with van der Waals surface area (Å²) < 4.78 is 7.46. The van der Waals surface area contributed by atoms with Crippen LogP contribution in [0.5, 0.6) is 5.75 Å². The average molecular weight is 620 g/mol. The number of rotatable bonds is 9. The van der Waals surface area contributed by atoms with Crippen molar-refractivity contribution in [2.75, 3.05) is 12.4 Å². The van der Waals surface area contributed by atoms with Crippen LogP contribution in [0, 0.1) is 0 Å². The van der Waals surface area contributed by atoms with Crippen molar-refractivity contribution in [3.05, 3.63) is 108 Å². The predicted molar refractivity (Wildman–Crippen MR) is 152 cm³/mol. The summed E-state index contributed by atoms with van der Waals surface area (Å²) in [5, 5.41) is 14.5. The van der Waals surface area contributed by atoms with Crippen molar-refractivity contribution >= 4 is 50.8 Å². The Balaban J connectivity index is 2.12. The number of benzene rings is 2. The first-order valence-electron chi connectivity index (χ1n) is 11.6. The van der Waals surface area contributed by atoms with Crippen molar-refractivity contribution < 1.29 is 14.6 Å². The minimum Gasteiger partial charge on any atom is -0.497 e. The maximum absolute atomic E-state index is 13.0. The van der Waals surface area contributed by atoms with Crippen LogP contribution in [0.25, 0.3) is 0 Å². The van der Waals surface area contributed by atoms with Crippen LogP contribution in [0.3, 0.4) is 0 Å². The molecular weight excluding hydrogens is 595 g/mol. The molecule has 0 amide bonds. The zero-order chi connectivity index (χ0) is 27.6. The molecule has 0 aliphatic rings. The van der Waals surface area contributed by atoms with Gasteiger partial charge in [0.25, 0.3) is 5.56 Å². The maximum atomic E-state index is 13.0. The van der Waals surface area contributed by atoms with E-state index in [0.717, 1.165) is 5.56 Å². The number of methoxy groups -OCH3 is 1. The highest BCUT2D eigenvalue weighted by atomic mass is 79.9. The number of halogens is 3. The first-order chi connectivity index (χ1) is 18.1. The molecule has 2 aromatic carbocycles. The average Bonchev–Trinajstić information content (AvgIpc) is 3.25. The van der Waals surface area contributed by atoms with Gasteiger partial charge < -0.3 is 24.7 Å². The molecule has 4 aromatic rings. The summed E-state index contributed by atoms with van der Waals surface area (Å²) in [5.74, 6) is -0.541. The van der Waals surface area contributed by atoms with Crippen LogP contribution in [0.2, 0.25) is 10.0 Å². The number of imidazole rings is 1. The summed E-state index contributed by atoms with van der Waals surface area (Å²) in [6.07, 6.45) is 1.62. The van der Waals surface area contributed by atoms with E-state index in [2.05, 4.69) is 31.2 Å². The second-order valence-electron chi connectivity index (χ2n) is 8.97. The number of ether oxygens (including phenoxy) is 1. The van der Waals surface area contributed by atoms with Crippen LogP contribution < -0.4 is 15.6 Å². The monoisotopic (exact) mass is 618 g/mol. The van der Waals surface area contributed by atoms with Gasteiger partial charge in [-0.3, -0.25) is 4.79 Å². The summed E-state index contributed by atoms with van der Waals surface area (Å²) in [6, 6.07) is 15.8. The summed E-state index contributed by atoms with van der Waals surface area (Å²) >= 11 is 16.0. The summed E-state index contributed by atoms with van der Waals surface area (Å²) in [5.41, 5.74) is 0.112. The van der Waals surface area contributed by atoms with Gasteiger partial charge >= 0.3 is 5.97 Å². The van der Waals surface area contributed by atoms with Crippen molar-refractivity contribution in [2.45, 2.75) is 31.8 Å². The van der Waals surface area contributed by atoms with E-state index in [1.165, 1.54) is 12.3 Å². The highest BCUT2D eigenvalue weighted by Crippen LogP contribution is 2.41. The Morgan fingerprint density at radius 2 is 1.82 bits per heavy atom. The number of hydrogen-bond donors (Lipinski definition) is 3. The number of H-pyrrole nitrogens is 1. The Morgan fingerprint density at radius 3 is 2.39 bits per heavy atom. The molecule has 0 saturated heterocycles. The van der Waals surface area contributed by atoms with Gasteiger partial charge in [-0.15, -0.1) is 0 Å². The molecule has 8 nitrogen and oxygen atoms in total. The van der Waals surface area contributed by atoms with Crippen LogP contribution >= 0.6 is 39.1 Å². The normalized spacial score (nSPS) is 12.8. The number of aromatic carboxylic acids is 1. The van der Waals surface area contributed by atoms with E-state index >= 15 is 0 Å². The van der Waals surface area contributed by atoms with Gasteiger partial charge in [-0.2, -0.15) is 0 Å². The largest absolute Gasteiger partial charge is 0.497 e. The number of carboxylic acids is 1. The smallest absolute Gasteiger partial charge is 0.356 e. The van der Waals surface area contributed by atoms with Crippen molar-refractivity contribution in [1.29, 1.82) is 0 Å². The van der Waals surface area contributed by atoms with Crippen molar-refractivity contribution in [3.8, 4) is 5.75 Å². The third kappa shape index (κ3) is 5.45. The van der Waals surface area contributed by atoms with Gasteiger partial charge in [0.2, 0.25) is 0 Å². The molecule has 0 saturated carbocycles. The van der Waals surface area contributed by atoms with E-state index in [4.69, 9.17) is 27.9 Å². The molecular formula is C27H25BrCl2N4O4. The van der Waals surface area contributed by atoms with Crippen LogP contribution in [-0.2, 0) is 12.0 Å². The molecule has 1 unspecified atom stereocenters. The molecule has 2 aromatic heterocycles. The highest BCUT2D eigenvalue weighted by molar-refractivity contribution is 9.10. The molecule has 38 heavy (non-hydrogen) atoms. The number of aromatic nitrogens is 3. The molecule has 0 spiro atoms. The molecule has 3 N–H and O–H groups in total. The summed E-state index contributed by atoms with van der Waals surface area (Å²) in [4.78, 5) is 32.6. The maximum Gasteiger partial charge on any atom is 0.356 e. The minimum atomic E-state index is -1.31. The van der Waals surface area contributed by atoms with Gasteiger partial charge in [0.1, 0.15) is 17.0 Å². The van der Waals surface area contributed by atoms with E-state index in [1.807, 2.05) is 38.1 Å². The molecule has 0 bridgehead atoms. The number of anilines is 1. The molecule has 11 heteroatoms. The number of aromatic amines is 1. The fourth-order valence-corrected chi connectivity index (χ4v) is 5.55. The lowest BCUT2D eigenvalue weighted by atomic mass is 9.79. The number of hydrogen-bond acceptors (Lipinski definition) is 5. The lowest BCUT2D eigenvalue weighted by Gasteiger charge is -2.38. The second-order valence-corrected chi connectivity index (χ2v) is 10.6. The first kappa shape index (κ1) is 27.8.